The van der Waals surface area contributed by atoms with E-state index in [1.807, 2.05) is 0 Å². The SMILES string of the molecule is CC(=O)Nc1c(O)cccc1[As](=O)(O)O.CCOC(=O)C(Cc1ccc(C(C)=O)c([N+](=O)[O-])c1)C(=O)OCC. The van der Waals surface area contributed by atoms with Gasteiger partial charge in [-0.15, -0.1) is 0 Å². The van der Waals surface area contributed by atoms with Gasteiger partial charge in [0.15, 0.2) is 11.7 Å². The Morgan fingerprint density at radius 3 is 2.03 bits per heavy atom. The molecule has 0 bridgehead atoms. The summed E-state index contributed by atoms with van der Waals surface area (Å²) >= 11 is -5.14. The fourth-order valence-corrected chi connectivity index (χ4v) is 4.77. The third-order valence-electron chi connectivity index (χ3n) is 4.86. The van der Waals surface area contributed by atoms with Gasteiger partial charge in [0.2, 0.25) is 0 Å². The molecule has 0 aliphatic carbocycles. The van der Waals surface area contributed by atoms with Gasteiger partial charge in [0.25, 0.3) is 5.69 Å². The maximum Gasteiger partial charge on any atom is 0.320 e. The Morgan fingerprint density at radius 2 is 1.59 bits per heavy atom. The number of nitro benzene ring substituents is 1. The number of aromatic hydroxyl groups is 1. The topological polar surface area (TPSA) is 220 Å². The van der Waals surface area contributed by atoms with Crippen molar-refractivity contribution in [2.45, 2.75) is 34.1 Å². The molecule has 0 saturated carbocycles. The predicted octanol–water partition coefficient (Wildman–Crippen LogP) is 0.994. The van der Waals surface area contributed by atoms with E-state index in [2.05, 4.69) is 5.32 Å². The minimum absolute atomic E-state index is 0.0347. The van der Waals surface area contributed by atoms with Gasteiger partial charge in [-0.1, -0.05) is 6.07 Å². The predicted molar refractivity (Wildman–Crippen MR) is 136 cm³/mol. The number of nitrogens with one attached hydrogen (secondary N) is 1. The van der Waals surface area contributed by atoms with Crippen LogP contribution in [0.5, 0.6) is 5.75 Å². The second-order valence-corrected chi connectivity index (χ2v) is 11.1. The minimum Gasteiger partial charge on any atom is -0.465 e. The van der Waals surface area contributed by atoms with E-state index in [9.17, 15) is 38.1 Å². The summed E-state index contributed by atoms with van der Waals surface area (Å²) in [6.45, 7) is 5.81. The number of anilines is 1. The summed E-state index contributed by atoms with van der Waals surface area (Å²) in [7, 11) is 0. The number of Topliss-reactive ketones (excluding diaryl/α,β-unsaturated/α-hetero) is 1. The average Bonchev–Trinajstić information content (AvgIpc) is 2.83. The number of carbonyl (C=O) groups excluding carboxylic acids is 4. The quantitative estimate of drug-likeness (QED) is 0.0562. The zero-order chi connectivity index (χ0) is 29.9. The van der Waals surface area contributed by atoms with Crippen molar-refractivity contribution in [2.24, 2.45) is 5.92 Å². The smallest absolute Gasteiger partial charge is 0.320 e. The first-order valence-electron chi connectivity index (χ1n) is 11.4. The molecule has 1 amide bonds. The van der Waals surface area contributed by atoms with Crippen LogP contribution < -0.4 is 9.67 Å². The molecule has 0 atom stereocenters. The number of phenols is 1. The number of hydrogen-bond acceptors (Lipinski definition) is 10. The summed E-state index contributed by atoms with van der Waals surface area (Å²) in [5, 5.41) is 22.6. The molecular weight excluding hydrogens is 583 g/mol. The maximum absolute atomic E-state index is 11.9. The molecule has 14 nitrogen and oxygen atoms in total. The van der Waals surface area contributed by atoms with Gasteiger partial charge < -0.3 is 9.47 Å². The molecule has 212 valence electrons. The van der Waals surface area contributed by atoms with Crippen LogP contribution >= 0.6 is 0 Å². The number of nitro groups is 1. The Bertz CT molecular complexity index is 1270. The Balaban J connectivity index is 0.000000434. The summed E-state index contributed by atoms with van der Waals surface area (Å²) in [5.74, 6) is -4.05. The number of carbonyl (C=O) groups is 4. The van der Waals surface area contributed by atoms with Crippen molar-refractivity contribution in [2.75, 3.05) is 18.5 Å². The zero-order valence-electron chi connectivity index (χ0n) is 21.6. The van der Waals surface area contributed by atoms with Crippen LogP contribution in [0.25, 0.3) is 0 Å². The average molecular weight is 612 g/mol. The summed E-state index contributed by atoms with van der Waals surface area (Å²) in [4.78, 5) is 56.5. The monoisotopic (exact) mass is 612 g/mol. The van der Waals surface area contributed by atoms with Crippen molar-refractivity contribution >= 4 is 53.5 Å². The number of nitrogens with zero attached hydrogens (tertiary/aromatic N) is 1. The van der Waals surface area contributed by atoms with E-state index in [0.717, 1.165) is 0 Å². The molecule has 0 spiro atoms. The number of phenolic OH excluding ortho intramolecular Hbond substituents is 1. The van der Waals surface area contributed by atoms with Crippen molar-refractivity contribution in [1.29, 1.82) is 0 Å². The molecule has 0 heterocycles. The third kappa shape index (κ3) is 10.0. The van der Waals surface area contributed by atoms with Gasteiger partial charge in [0.1, 0.15) is 0 Å². The molecule has 0 unspecified atom stereocenters. The number of esters is 2. The number of rotatable bonds is 10. The molecule has 0 aliphatic heterocycles. The Hall–Kier alpha value is -4.00. The summed E-state index contributed by atoms with van der Waals surface area (Å²) in [6.07, 6.45) is -0.114. The van der Waals surface area contributed by atoms with Crippen LogP contribution in [0.1, 0.15) is 43.6 Å². The second-order valence-electron chi connectivity index (χ2n) is 7.82. The van der Waals surface area contributed by atoms with Crippen molar-refractivity contribution in [3.05, 3.63) is 57.6 Å². The van der Waals surface area contributed by atoms with E-state index in [-0.39, 0.29) is 46.7 Å². The van der Waals surface area contributed by atoms with E-state index < -0.39 is 48.6 Å². The molecule has 15 heteroatoms. The van der Waals surface area contributed by atoms with E-state index in [1.54, 1.807) is 13.8 Å². The van der Waals surface area contributed by atoms with Crippen molar-refractivity contribution in [3.63, 3.8) is 0 Å². The molecule has 39 heavy (non-hydrogen) atoms. The number of para-hydroxylation sites is 1. The van der Waals surface area contributed by atoms with Crippen LogP contribution in [0.3, 0.4) is 0 Å². The van der Waals surface area contributed by atoms with Gasteiger partial charge in [-0.25, -0.2) is 0 Å². The van der Waals surface area contributed by atoms with Crippen molar-refractivity contribution < 1.29 is 50.6 Å². The first-order valence-corrected chi connectivity index (χ1v) is 14.8. The fourth-order valence-electron chi connectivity index (χ4n) is 3.21. The fraction of sp³-hybridized carbons (Fsp3) is 0.333. The molecular formula is C24H29AsN2O12. The van der Waals surface area contributed by atoms with Crippen LogP contribution in [0.15, 0.2) is 36.4 Å². The van der Waals surface area contributed by atoms with E-state index in [1.165, 1.54) is 50.2 Å². The van der Waals surface area contributed by atoms with Crippen LogP contribution in [-0.2, 0) is 34.0 Å². The van der Waals surface area contributed by atoms with Crippen LogP contribution in [0.4, 0.5) is 11.4 Å². The first kappa shape index (κ1) is 33.0. The van der Waals surface area contributed by atoms with E-state index >= 15 is 0 Å². The second kappa shape index (κ2) is 14.8. The summed E-state index contributed by atoms with van der Waals surface area (Å²) in [5.41, 5.74) is -0.269. The molecule has 4 N–H and O–H groups in total. The molecule has 0 saturated heterocycles. The Labute approximate surface area is 226 Å². The molecule has 0 fully saturated rings. The van der Waals surface area contributed by atoms with Gasteiger partial charge in [-0.3, -0.25) is 24.5 Å². The molecule has 0 aliphatic rings. The summed E-state index contributed by atoms with van der Waals surface area (Å²) < 4.78 is 38.5. The third-order valence-corrected chi connectivity index (χ3v) is 6.95. The number of hydrogen-bond donors (Lipinski definition) is 4. The van der Waals surface area contributed by atoms with Crippen molar-refractivity contribution in [3.8, 4) is 5.75 Å². The van der Waals surface area contributed by atoms with Gasteiger partial charge in [0, 0.05) is 6.07 Å². The molecule has 2 aromatic rings. The molecule has 0 radical (unpaired) electrons. The van der Waals surface area contributed by atoms with Gasteiger partial charge in [-0.2, -0.15) is 0 Å². The largest absolute Gasteiger partial charge is 0.465 e. The van der Waals surface area contributed by atoms with Gasteiger partial charge in [0.05, 0.1) is 23.7 Å². The van der Waals surface area contributed by atoms with Crippen molar-refractivity contribution in [1.82, 2.24) is 0 Å². The van der Waals surface area contributed by atoms with Crippen LogP contribution in [0, 0.1) is 16.0 Å². The number of ether oxygens (including phenoxy) is 2. The molecule has 2 rings (SSSR count). The number of ketones is 1. The summed E-state index contributed by atoms with van der Waals surface area (Å²) in [6, 6.07) is 7.67. The normalized spacial score (nSPS) is 10.6. The Kier molecular flexibility index (Phi) is 12.5. The molecule has 0 aromatic heterocycles. The van der Waals surface area contributed by atoms with Crippen LogP contribution in [-0.4, -0.2) is 69.2 Å². The number of benzene rings is 2. The van der Waals surface area contributed by atoms with E-state index in [4.69, 9.17) is 17.7 Å². The standard InChI is InChI=1S/C16H19NO7.C8H10AsNO5/c1-4-23-15(19)13(16(20)24-5-2)8-11-6-7-12(10(3)18)14(9-11)17(21)22;1-5(11)10-8-6(9(13,14)15)3-2-4-7(8)12/h6-7,9,13H,4-5,8H2,1-3H3;2-4,12H,1H3,(H,10,11)(H2,13,14,15). The first-order chi connectivity index (χ1) is 18.1. The minimum atomic E-state index is -5.14. The molecule has 2 aromatic carbocycles. The van der Waals surface area contributed by atoms with Gasteiger partial charge in [-0.05, 0) is 38.8 Å². The zero-order valence-corrected chi connectivity index (χ0v) is 23.4. The van der Waals surface area contributed by atoms with Crippen LogP contribution in [0.2, 0.25) is 0 Å². The Morgan fingerprint density at radius 1 is 1.03 bits per heavy atom. The van der Waals surface area contributed by atoms with E-state index in [0.29, 0.717) is 5.56 Å². The number of amides is 1. The maximum atomic E-state index is 11.9. The van der Waals surface area contributed by atoms with Gasteiger partial charge >= 0.3 is 100 Å².